The van der Waals surface area contributed by atoms with Crippen LogP contribution in [0.15, 0.2) is 12.1 Å². The highest BCUT2D eigenvalue weighted by Crippen LogP contribution is 2.30. The molecule has 5 heteroatoms. The number of likely N-dealkylation sites (tertiary alicyclic amines) is 1. The van der Waals surface area contributed by atoms with Crippen LogP contribution in [0.1, 0.15) is 22.3 Å². The highest BCUT2D eigenvalue weighted by molar-refractivity contribution is 5.95. The van der Waals surface area contributed by atoms with E-state index in [1.165, 1.54) is 13.0 Å². The van der Waals surface area contributed by atoms with E-state index in [1.54, 1.807) is 4.90 Å². The zero-order valence-corrected chi connectivity index (χ0v) is 10.7. The third kappa shape index (κ3) is 1.92. The number of benzene rings is 1. The molecule has 3 nitrogen and oxygen atoms in total. The van der Waals surface area contributed by atoms with Gasteiger partial charge in [0, 0.05) is 25.7 Å². The van der Waals surface area contributed by atoms with E-state index >= 15 is 0 Å². The van der Waals surface area contributed by atoms with Crippen molar-refractivity contribution in [2.45, 2.75) is 19.4 Å². The van der Waals surface area contributed by atoms with E-state index < -0.39 is 23.1 Å². The molecule has 1 aromatic rings. The Morgan fingerprint density at radius 3 is 2.95 bits per heavy atom. The minimum atomic E-state index is -0.775. The number of nitrogens with zero attached hydrogens (tertiary/aromatic N) is 1. The lowest BCUT2D eigenvalue weighted by Crippen LogP contribution is -2.40. The van der Waals surface area contributed by atoms with Crippen molar-refractivity contribution in [2.75, 3.05) is 19.6 Å². The second-order valence-electron chi connectivity index (χ2n) is 5.33. The molecule has 0 unspecified atom stereocenters. The molecule has 0 aromatic heterocycles. The van der Waals surface area contributed by atoms with E-state index in [4.69, 9.17) is 0 Å². The smallest absolute Gasteiger partial charge is 0.260 e. The first-order valence-electron chi connectivity index (χ1n) is 6.56. The fraction of sp³-hybridized carbons (Fsp3) is 0.500. The molecule has 1 aromatic carbocycles. The highest BCUT2D eigenvalue weighted by Gasteiger charge is 2.41. The van der Waals surface area contributed by atoms with Gasteiger partial charge in [-0.05, 0) is 30.9 Å². The molecule has 102 valence electrons. The third-order valence-corrected chi connectivity index (χ3v) is 4.20. The number of carbonyl (C=O) groups excluding carboxylic acids is 1. The Labute approximate surface area is 110 Å². The van der Waals surface area contributed by atoms with Crippen LogP contribution in [0.5, 0.6) is 0 Å². The molecule has 2 aliphatic rings. The molecule has 2 atom stereocenters. The van der Waals surface area contributed by atoms with Crippen LogP contribution in [0.4, 0.5) is 8.78 Å². The van der Waals surface area contributed by atoms with Crippen LogP contribution in [0.3, 0.4) is 0 Å². The standard InChI is InChI=1S/C14H16F2N2O/c1-8-2-3-10(15)12(13(8)16)14(19)18-5-4-9-6-17-7-11(9)18/h2-3,9,11,17H,4-7H2,1H3/t9-,11+/m0/s1. The molecule has 3 rings (SSSR count). The van der Waals surface area contributed by atoms with E-state index in [9.17, 15) is 13.6 Å². The number of halogens is 2. The topological polar surface area (TPSA) is 32.3 Å². The lowest BCUT2D eigenvalue weighted by molar-refractivity contribution is 0.0727. The average molecular weight is 266 g/mol. The molecule has 0 saturated carbocycles. The Balaban J connectivity index is 1.94. The van der Waals surface area contributed by atoms with E-state index in [0.717, 1.165) is 19.0 Å². The highest BCUT2D eigenvalue weighted by atomic mass is 19.1. The lowest BCUT2D eigenvalue weighted by atomic mass is 10.0. The second-order valence-corrected chi connectivity index (χ2v) is 5.33. The SMILES string of the molecule is Cc1ccc(F)c(C(=O)N2CC[C@H]3CNC[C@H]32)c1F. The zero-order valence-electron chi connectivity index (χ0n) is 10.7. The number of fused-ring (bicyclic) bond motifs is 1. The Morgan fingerprint density at radius 2 is 2.16 bits per heavy atom. The molecule has 2 fully saturated rings. The van der Waals surface area contributed by atoms with Crippen molar-refractivity contribution < 1.29 is 13.6 Å². The maximum atomic E-state index is 14.0. The van der Waals surface area contributed by atoms with Crippen LogP contribution in [0.25, 0.3) is 0 Å². The predicted molar refractivity (Wildman–Crippen MR) is 66.9 cm³/mol. The summed E-state index contributed by atoms with van der Waals surface area (Å²) >= 11 is 0. The van der Waals surface area contributed by atoms with Gasteiger partial charge < -0.3 is 10.2 Å². The van der Waals surface area contributed by atoms with E-state index in [2.05, 4.69) is 5.32 Å². The van der Waals surface area contributed by atoms with Gasteiger partial charge in [0.2, 0.25) is 0 Å². The summed E-state index contributed by atoms with van der Waals surface area (Å²) in [7, 11) is 0. The summed E-state index contributed by atoms with van der Waals surface area (Å²) in [5.41, 5.74) is -0.113. The molecule has 0 spiro atoms. The van der Waals surface area contributed by atoms with Gasteiger partial charge in [-0.2, -0.15) is 0 Å². The molecular formula is C14H16F2N2O. The van der Waals surface area contributed by atoms with Crippen molar-refractivity contribution in [1.29, 1.82) is 0 Å². The Morgan fingerprint density at radius 1 is 1.37 bits per heavy atom. The molecule has 2 heterocycles. The van der Waals surface area contributed by atoms with E-state index in [0.29, 0.717) is 24.6 Å². The number of nitrogens with one attached hydrogen (secondary N) is 1. The zero-order chi connectivity index (χ0) is 13.6. The first-order valence-corrected chi connectivity index (χ1v) is 6.56. The van der Waals surface area contributed by atoms with Gasteiger partial charge in [-0.3, -0.25) is 4.79 Å². The largest absolute Gasteiger partial charge is 0.334 e. The maximum Gasteiger partial charge on any atom is 0.260 e. The van der Waals surface area contributed by atoms with E-state index in [1.807, 2.05) is 0 Å². The maximum absolute atomic E-state index is 14.0. The van der Waals surface area contributed by atoms with Gasteiger partial charge in [-0.1, -0.05) is 6.07 Å². The lowest BCUT2D eigenvalue weighted by Gasteiger charge is -2.24. The van der Waals surface area contributed by atoms with Crippen molar-refractivity contribution in [1.82, 2.24) is 10.2 Å². The Kier molecular flexibility index (Phi) is 3.01. The minimum Gasteiger partial charge on any atom is -0.334 e. The Bertz CT molecular complexity index is 532. The van der Waals surface area contributed by atoms with Gasteiger partial charge in [0.25, 0.3) is 5.91 Å². The quantitative estimate of drug-likeness (QED) is 0.839. The van der Waals surface area contributed by atoms with Crippen molar-refractivity contribution >= 4 is 5.91 Å². The number of hydrogen-bond acceptors (Lipinski definition) is 2. The van der Waals surface area contributed by atoms with Crippen LogP contribution < -0.4 is 5.32 Å². The number of aryl methyl sites for hydroxylation is 1. The van der Waals surface area contributed by atoms with Gasteiger partial charge in [0.05, 0.1) is 0 Å². The summed E-state index contributed by atoms with van der Waals surface area (Å²) in [6, 6.07) is 2.59. The monoisotopic (exact) mass is 266 g/mol. The predicted octanol–water partition coefficient (Wildman–Crippen LogP) is 1.71. The van der Waals surface area contributed by atoms with Crippen molar-refractivity contribution in [3.05, 3.63) is 34.9 Å². The average Bonchev–Trinajstić information content (AvgIpc) is 2.96. The molecule has 0 bridgehead atoms. The normalized spacial score (nSPS) is 25.7. The van der Waals surface area contributed by atoms with Crippen molar-refractivity contribution in [3.63, 3.8) is 0 Å². The second kappa shape index (κ2) is 4.56. The van der Waals surface area contributed by atoms with Gasteiger partial charge in [-0.15, -0.1) is 0 Å². The van der Waals surface area contributed by atoms with E-state index in [-0.39, 0.29) is 6.04 Å². The molecule has 1 amide bonds. The number of rotatable bonds is 1. The van der Waals surface area contributed by atoms with Crippen LogP contribution in [-0.4, -0.2) is 36.5 Å². The fourth-order valence-corrected chi connectivity index (χ4v) is 3.10. The fourth-order valence-electron chi connectivity index (χ4n) is 3.10. The van der Waals surface area contributed by atoms with Crippen LogP contribution in [0, 0.1) is 24.5 Å². The number of amides is 1. The molecule has 1 N–H and O–H groups in total. The molecule has 19 heavy (non-hydrogen) atoms. The number of hydrogen-bond donors (Lipinski definition) is 1. The summed E-state index contributed by atoms with van der Waals surface area (Å²) in [5.74, 6) is -1.61. The Hall–Kier alpha value is -1.49. The third-order valence-electron chi connectivity index (χ3n) is 4.20. The molecular weight excluding hydrogens is 250 g/mol. The summed E-state index contributed by atoms with van der Waals surface area (Å²) in [6.07, 6.45) is 0.901. The summed E-state index contributed by atoms with van der Waals surface area (Å²) in [6.45, 7) is 3.72. The van der Waals surface area contributed by atoms with Crippen molar-refractivity contribution in [2.24, 2.45) is 5.92 Å². The van der Waals surface area contributed by atoms with Gasteiger partial charge in [0.15, 0.2) is 0 Å². The van der Waals surface area contributed by atoms with Crippen molar-refractivity contribution in [3.8, 4) is 0 Å². The van der Waals surface area contributed by atoms with Gasteiger partial charge in [-0.25, -0.2) is 8.78 Å². The van der Waals surface area contributed by atoms with Crippen LogP contribution in [0.2, 0.25) is 0 Å². The van der Waals surface area contributed by atoms with Gasteiger partial charge >= 0.3 is 0 Å². The summed E-state index contributed by atoms with van der Waals surface area (Å²) in [5, 5.41) is 3.22. The molecule has 2 saturated heterocycles. The molecule has 2 aliphatic heterocycles. The van der Waals surface area contributed by atoms with Crippen LogP contribution >= 0.6 is 0 Å². The van der Waals surface area contributed by atoms with Crippen LogP contribution in [-0.2, 0) is 0 Å². The summed E-state index contributed by atoms with van der Waals surface area (Å²) < 4.78 is 27.8. The molecule has 0 radical (unpaired) electrons. The molecule has 0 aliphatic carbocycles. The minimum absolute atomic E-state index is 0.0758. The van der Waals surface area contributed by atoms with Gasteiger partial charge in [0.1, 0.15) is 17.2 Å². The number of carbonyl (C=O) groups is 1. The first-order chi connectivity index (χ1) is 9.09. The first kappa shape index (κ1) is 12.5. The summed E-state index contributed by atoms with van der Waals surface area (Å²) in [4.78, 5) is 14.0.